The van der Waals surface area contributed by atoms with Crippen LogP contribution in [0.4, 0.5) is 0 Å². The third-order valence-electron chi connectivity index (χ3n) is 2.39. The van der Waals surface area contributed by atoms with E-state index in [0.717, 1.165) is 12.2 Å². The van der Waals surface area contributed by atoms with Crippen molar-refractivity contribution in [2.24, 2.45) is 0 Å². The summed E-state index contributed by atoms with van der Waals surface area (Å²) in [7, 11) is 0. The Hall–Kier alpha value is -0.980. The predicted molar refractivity (Wildman–Crippen MR) is 65.3 cm³/mol. The molecule has 0 aliphatic rings. The molecule has 1 nitrogen and oxygen atoms in total. The smallest absolute Gasteiger partial charge is 0.123 e. The minimum Gasteiger partial charge on any atom is -0.491 e. The lowest BCUT2D eigenvalue weighted by atomic mass is 9.95. The van der Waals surface area contributed by atoms with Gasteiger partial charge in [-0.25, -0.2) is 0 Å². The highest BCUT2D eigenvalue weighted by Crippen LogP contribution is 2.28. The first kappa shape index (κ1) is 12.1. The number of rotatable bonds is 4. The van der Waals surface area contributed by atoms with Gasteiger partial charge in [-0.1, -0.05) is 32.9 Å². The molecular formula is C14H21O. The lowest BCUT2D eigenvalue weighted by Crippen LogP contribution is -2.09. The molecule has 0 fully saturated rings. The van der Waals surface area contributed by atoms with Gasteiger partial charge in [0.15, 0.2) is 0 Å². The van der Waals surface area contributed by atoms with Gasteiger partial charge in [-0.15, -0.1) is 0 Å². The molecule has 0 aromatic heterocycles. The normalized spacial score (nSPS) is 11.1. The first-order chi connectivity index (χ1) is 7.06. The fraction of sp³-hybridized carbons (Fsp3) is 0.500. The van der Waals surface area contributed by atoms with E-state index >= 15 is 0 Å². The molecule has 0 atom stereocenters. The van der Waals surface area contributed by atoms with Crippen LogP contribution in [0.5, 0.6) is 5.75 Å². The van der Waals surface area contributed by atoms with Crippen LogP contribution in [0.25, 0.3) is 0 Å². The van der Waals surface area contributed by atoms with Gasteiger partial charge < -0.3 is 4.74 Å². The summed E-state index contributed by atoms with van der Waals surface area (Å²) >= 11 is 0. The largest absolute Gasteiger partial charge is 0.491 e. The molecule has 0 aliphatic carbocycles. The fourth-order valence-corrected chi connectivity index (χ4v) is 1.76. The first-order valence-electron chi connectivity index (χ1n) is 5.65. The summed E-state index contributed by atoms with van der Waals surface area (Å²) in [6.45, 7) is 10.6. The molecule has 0 amide bonds. The van der Waals surface area contributed by atoms with Crippen LogP contribution < -0.4 is 4.74 Å². The van der Waals surface area contributed by atoms with Gasteiger partial charge in [0.1, 0.15) is 5.75 Å². The summed E-state index contributed by atoms with van der Waals surface area (Å²) in [4.78, 5) is 0. The van der Waals surface area contributed by atoms with Crippen LogP contribution in [0.2, 0.25) is 0 Å². The number of ether oxygens (including phenoxy) is 1. The molecule has 0 saturated carbocycles. The SMILES string of the molecule is CCc1c(OC(C)C)cccc1[C](C)C. The molecule has 0 spiro atoms. The van der Waals surface area contributed by atoms with E-state index in [1.54, 1.807) is 0 Å². The van der Waals surface area contributed by atoms with Crippen molar-refractivity contribution in [3.63, 3.8) is 0 Å². The van der Waals surface area contributed by atoms with E-state index in [4.69, 9.17) is 4.74 Å². The highest BCUT2D eigenvalue weighted by molar-refractivity contribution is 5.46. The predicted octanol–water partition coefficient (Wildman–Crippen LogP) is 4.00. The van der Waals surface area contributed by atoms with E-state index in [1.807, 2.05) is 0 Å². The van der Waals surface area contributed by atoms with Crippen LogP contribution in [-0.4, -0.2) is 6.10 Å². The molecule has 1 rings (SSSR count). The minimum atomic E-state index is 0.239. The second-order valence-electron chi connectivity index (χ2n) is 4.30. The van der Waals surface area contributed by atoms with E-state index in [1.165, 1.54) is 17.0 Å². The number of benzene rings is 1. The van der Waals surface area contributed by atoms with E-state index in [-0.39, 0.29) is 6.10 Å². The Labute approximate surface area is 93.5 Å². The lowest BCUT2D eigenvalue weighted by molar-refractivity contribution is 0.240. The van der Waals surface area contributed by atoms with Crippen molar-refractivity contribution in [3.8, 4) is 5.75 Å². The Morgan fingerprint density at radius 1 is 1.27 bits per heavy atom. The number of hydrogen-bond donors (Lipinski definition) is 0. The Morgan fingerprint density at radius 3 is 2.40 bits per heavy atom. The highest BCUT2D eigenvalue weighted by Gasteiger charge is 2.11. The second kappa shape index (κ2) is 5.20. The van der Waals surface area contributed by atoms with Gasteiger partial charge in [0.05, 0.1) is 6.10 Å². The maximum Gasteiger partial charge on any atom is 0.123 e. The zero-order valence-electron chi connectivity index (χ0n) is 10.4. The van der Waals surface area contributed by atoms with Crippen molar-refractivity contribution in [1.82, 2.24) is 0 Å². The molecule has 1 heteroatoms. The maximum atomic E-state index is 5.81. The third-order valence-corrected chi connectivity index (χ3v) is 2.39. The Morgan fingerprint density at radius 2 is 1.93 bits per heavy atom. The van der Waals surface area contributed by atoms with Crippen molar-refractivity contribution in [2.45, 2.75) is 47.1 Å². The van der Waals surface area contributed by atoms with Gasteiger partial charge in [0, 0.05) is 0 Å². The second-order valence-corrected chi connectivity index (χ2v) is 4.30. The molecular weight excluding hydrogens is 184 g/mol. The summed E-state index contributed by atoms with van der Waals surface area (Å²) in [6, 6.07) is 6.30. The van der Waals surface area contributed by atoms with Gasteiger partial charge in [0.2, 0.25) is 0 Å². The molecule has 0 unspecified atom stereocenters. The van der Waals surface area contributed by atoms with E-state index in [2.05, 4.69) is 52.8 Å². The van der Waals surface area contributed by atoms with E-state index < -0.39 is 0 Å². The van der Waals surface area contributed by atoms with Crippen molar-refractivity contribution in [2.75, 3.05) is 0 Å². The third kappa shape index (κ3) is 2.98. The first-order valence-corrected chi connectivity index (χ1v) is 5.65. The van der Waals surface area contributed by atoms with Crippen LogP contribution in [0.15, 0.2) is 18.2 Å². The average Bonchev–Trinajstić information content (AvgIpc) is 2.16. The summed E-state index contributed by atoms with van der Waals surface area (Å²) in [5, 5.41) is 0. The van der Waals surface area contributed by atoms with Crippen molar-refractivity contribution in [3.05, 3.63) is 35.2 Å². The van der Waals surface area contributed by atoms with Gasteiger partial charge in [-0.2, -0.15) is 0 Å². The molecule has 83 valence electrons. The molecule has 0 heterocycles. The van der Waals surface area contributed by atoms with Gasteiger partial charge in [0.25, 0.3) is 0 Å². The standard InChI is InChI=1S/C14H21O/c1-6-12-13(10(2)3)8-7-9-14(12)15-11(4)5/h7-9,11H,6H2,1-5H3. The molecule has 0 bridgehead atoms. The van der Waals surface area contributed by atoms with Gasteiger partial charge >= 0.3 is 0 Å². The van der Waals surface area contributed by atoms with Crippen LogP contribution >= 0.6 is 0 Å². The summed E-state index contributed by atoms with van der Waals surface area (Å²) in [5.41, 5.74) is 2.65. The topological polar surface area (TPSA) is 9.23 Å². The van der Waals surface area contributed by atoms with Crippen LogP contribution in [0.3, 0.4) is 0 Å². The average molecular weight is 205 g/mol. The quantitative estimate of drug-likeness (QED) is 0.722. The minimum absolute atomic E-state index is 0.239. The monoisotopic (exact) mass is 205 g/mol. The van der Waals surface area contributed by atoms with Crippen LogP contribution in [-0.2, 0) is 6.42 Å². The molecule has 1 radical (unpaired) electrons. The lowest BCUT2D eigenvalue weighted by Gasteiger charge is -2.18. The van der Waals surface area contributed by atoms with Crippen molar-refractivity contribution < 1.29 is 4.74 Å². The molecule has 1 aromatic carbocycles. The Kier molecular flexibility index (Phi) is 4.19. The summed E-state index contributed by atoms with van der Waals surface area (Å²) in [6.07, 6.45) is 1.26. The Balaban J connectivity index is 3.10. The molecule has 0 aliphatic heterocycles. The summed E-state index contributed by atoms with van der Waals surface area (Å²) < 4.78 is 5.81. The zero-order valence-corrected chi connectivity index (χ0v) is 10.4. The molecule has 0 saturated heterocycles. The van der Waals surface area contributed by atoms with Crippen molar-refractivity contribution >= 4 is 0 Å². The van der Waals surface area contributed by atoms with Crippen LogP contribution in [0.1, 0.15) is 45.7 Å². The van der Waals surface area contributed by atoms with Crippen LogP contribution in [0, 0.1) is 5.92 Å². The Bertz CT molecular complexity index is 313. The molecule has 1 aromatic rings. The van der Waals surface area contributed by atoms with E-state index in [9.17, 15) is 0 Å². The summed E-state index contributed by atoms with van der Waals surface area (Å²) in [5.74, 6) is 2.38. The maximum absolute atomic E-state index is 5.81. The van der Waals surface area contributed by atoms with Gasteiger partial charge in [-0.3, -0.25) is 0 Å². The molecule has 15 heavy (non-hydrogen) atoms. The molecule has 0 N–H and O–H groups in total. The van der Waals surface area contributed by atoms with Crippen molar-refractivity contribution in [1.29, 1.82) is 0 Å². The number of hydrogen-bond acceptors (Lipinski definition) is 1. The fourth-order valence-electron chi connectivity index (χ4n) is 1.76. The highest BCUT2D eigenvalue weighted by atomic mass is 16.5. The van der Waals surface area contributed by atoms with Gasteiger partial charge in [-0.05, 0) is 43.4 Å². The van der Waals surface area contributed by atoms with E-state index in [0.29, 0.717) is 0 Å². The zero-order chi connectivity index (χ0) is 11.4.